The lowest BCUT2D eigenvalue weighted by Gasteiger charge is -2.43. The second-order valence-electron chi connectivity index (χ2n) is 5.00. The Hall–Kier alpha value is -0.900. The van der Waals surface area contributed by atoms with Crippen molar-refractivity contribution in [1.82, 2.24) is 5.32 Å². The van der Waals surface area contributed by atoms with Crippen LogP contribution in [0.25, 0.3) is 0 Å². The fourth-order valence-electron chi connectivity index (χ4n) is 2.61. The maximum atomic E-state index is 11.6. The van der Waals surface area contributed by atoms with Crippen LogP contribution in [0.5, 0.6) is 0 Å². The molecule has 2 saturated carbocycles. The molecular formula is C11H15NO3. The topological polar surface area (TPSA) is 55.4 Å². The molecule has 2 spiro atoms. The van der Waals surface area contributed by atoms with Crippen molar-refractivity contribution in [2.75, 3.05) is 6.54 Å². The zero-order valence-corrected chi connectivity index (χ0v) is 8.67. The number of Topliss-reactive ketones (excluding diaryl/α,β-unsaturated/α-hetero) is 1. The average Bonchev–Trinajstić information content (AvgIpc) is 2.99. The van der Waals surface area contributed by atoms with Crippen LogP contribution in [0.4, 0.5) is 0 Å². The lowest BCUT2D eigenvalue weighted by Crippen LogP contribution is -2.59. The Balaban J connectivity index is 1.77. The first-order valence-electron chi connectivity index (χ1n) is 5.64. The van der Waals surface area contributed by atoms with E-state index in [0.717, 1.165) is 25.7 Å². The molecule has 15 heavy (non-hydrogen) atoms. The van der Waals surface area contributed by atoms with Gasteiger partial charge in [-0.2, -0.15) is 0 Å². The Bertz CT molecular complexity index is 317. The van der Waals surface area contributed by atoms with E-state index in [2.05, 4.69) is 5.32 Å². The highest BCUT2D eigenvalue weighted by Gasteiger charge is 2.59. The molecule has 1 aliphatic heterocycles. The largest absolute Gasteiger partial charge is 0.357 e. The van der Waals surface area contributed by atoms with Gasteiger partial charge in [-0.3, -0.25) is 9.59 Å². The Labute approximate surface area is 88.4 Å². The molecule has 3 aliphatic rings. The van der Waals surface area contributed by atoms with Gasteiger partial charge < -0.3 is 10.1 Å². The second kappa shape index (κ2) is 2.82. The lowest BCUT2D eigenvalue weighted by atomic mass is 9.82. The predicted octanol–water partition coefficient (Wildman–Crippen LogP) is 0.547. The molecule has 1 heterocycles. The van der Waals surface area contributed by atoms with Gasteiger partial charge in [0.25, 0.3) is 5.91 Å². The zero-order valence-electron chi connectivity index (χ0n) is 8.67. The minimum absolute atomic E-state index is 0.0463. The third-order valence-corrected chi connectivity index (χ3v) is 3.82. The summed E-state index contributed by atoms with van der Waals surface area (Å²) in [5.74, 6) is 0.371. The number of carbonyl (C=O) groups excluding carboxylic acids is 2. The first kappa shape index (κ1) is 9.33. The maximum absolute atomic E-state index is 11.6. The average molecular weight is 209 g/mol. The predicted molar refractivity (Wildman–Crippen MR) is 52.3 cm³/mol. The Morgan fingerprint density at radius 1 is 1.07 bits per heavy atom. The van der Waals surface area contributed by atoms with E-state index in [1.54, 1.807) is 0 Å². The van der Waals surface area contributed by atoms with Gasteiger partial charge in [0, 0.05) is 19.4 Å². The fraction of sp³-hybridized carbons (Fsp3) is 0.818. The summed E-state index contributed by atoms with van der Waals surface area (Å²) in [6.45, 7) is 0.584. The second-order valence-corrected chi connectivity index (χ2v) is 5.00. The van der Waals surface area contributed by atoms with E-state index >= 15 is 0 Å². The third-order valence-electron chi connectivity index (χ3n) is 3.82. The molecule has 4 nitrogen and oxygen atoms in total. The van der Waals surface area contributed by atoms with Crippen molar-refractivity contribution in [2.45, 2.75) is 49.7 Å². The summed E-state index contributed by atoms with van der Waals surface area (Å²) < 4.78 is 6.01. The molecule has 0 aromatic heterocycles. The number of morpholine rings is 1. The molecule has 82 valence electrons. The third kappa shape index (κ3) is 1.39. The van der Waals surface area contributed by atoms with Crippen LogP contribution in [0.2, 0.25) is 0 Å². The fourth-order valence-corrected chi connectivity index (χ4v) is 2.61. The van der Waals surface area contributed by atoms with E-state index < -0.39 is 5.60 Å². The molecule has 2 aliphatic carbocycles. The van der Waals surface area contributed by atoms with Crippen LogP contribution >= 0.6 is 0 Å². The highest BCUT2D eigenvalue weighted by atomic mass is 16.5. The van der Waals surface area contributed by atoms with Crippen molar-refractivity contribution >= 4 is 11.7 Å². The summed E-state index contributed by atoms with van der Waals surface area (Å²) in [6, 6.07) is 0. The van der Waals surface area contributed by atoms with Gasteiger partial charge in [0.05, 0.1) is 5.60 Å². The summed E-state index contributed by atoms with van der Waals surface area (Å²) in [7, 11) is 0. The summed E-state index contributed by atoms with van der Waals surface area (Å²) in [5, 5.41) is 2.93. The molecule has 0 unspecified atom stereocenters. The zero-order chi connectivity index (χ0) is 10.5. The van der Waals surface area contributed by atoms with E-state index in [1.165, 1.54) is 0 Å². The number of hydrogen-bond donors (Lipinski definition) is 1. The van der Waals surface area contributed by atoms with Crippen LogP contribution < -0.4 is 5.32 Å². The Morgan fingerprint density at radius 3 is 2.33 bits per heavy atom. The molecule has 1 saturated heterocycles. The SMILES string of the molecule is O=C1CCC2(CC1)CNC(=O)C1(CC1)O2. The lowest BCUT2D eigenvalue weighted by molar-refractivity contribution is -0.176. The number of ketones is 1. The van der Waals surface area contributed by atoms with Gasteiger partial charge in [-0.05, 0) is 25.7 Å². The first-order valence-corrected chi connectivity index (χ1v) is 5.64. The molecule has 0 radical (unpaired) electrons. The molecule has 0 aromatic rings. The monoisotopic (exact) mass is 209 g/mol. The number of hydrogen-bond acceptors (Lipinski definition) is 3. The van der Waals surface area contributed by atoms with Gasteiger partial charge >= 0.3 is 0 Å². The van der Waals surface area contributed by atoms with Crippen LogP contribution in [-0.2, 0) is 14.3 Å². The van der Waals surface area contributed by atoms with Gasteiger partial charge in [0.1, 0.15) is 11.4 Å². The molecule has 3 rings (SSSR count). The summed E-state index contributed by atoms with van der Waals surface area (Å²) in [4.78, 5) is 22.8. The van der Waals surface area contributed by atoms with Crippen molar-refractivity contribution in [1.29, 1.82) is 0 Å². The smallest absolute Gasteiger partial charge is 0.252 e. The van der Waals surface area contributed by atoms with Crippen LogP contribution in [0.15, 0.2) is 0 Å². The Morgan fingerprint density at radius 2 is 1.73 bits per heavy atom. The molecule has 0 bridgehead atoms. The van der Waals surface area contributed by atoms with Gasteiger partial charge in [-0.1, -0.05) is 0 Å². The molecule has 4 heteroatoms. The van der Waals surface area contributed by atoms with Gasteiger partial charge in [0.2, 0.25) is 0 Å². The maximum Gasteiger partial charge on any atom is 0.252 e. The molecule has 0 atom stereocenters. The van der Waals surface area contributed by atoms with Gasteiger partial charge in [-0.25, -0.2) is 0 Å². The number of rotatable bonds is 0. The summed E-state index contributed by atoms with van der Waals surface area (Å²) in [6.07, 6.45) is 4.43. The highest BCUT2D eigenvalue weighted by molar-refractivity contribution is 5.89. The van der Waals surface area contributed by atoms with Crippen LogP contribution in [0.3, 0.4) is 0 Å². The molecule has 3 fully saturated rings. The van der Waals surface area contributed by atoms with Gasteiger partial charge in [-0.15, -0.1) is 0 Å². The molecule has 0 aromatic carbocycles. The molecular weight excluding hydrogens is 194 g/mol. The molecule has 1 N–H and O–H groups in total. The highest BCUT2D eigenvalue weighted by Crippen LogP contribution is 2.48. The van der Waals surface area contributed by atoms with E-state index in [-0.39, 0.29) is 11.5 Å². The summed E-state index contributed by atoms with van der Waals surface area (Å²) >= 11 is 0. The Kier molecular flexibility index (Phi) is 1.75. The van der Waals surface area contributed by atoms with Crippen LogP contribution in [-0.4, -0.2) is 29.4 Å². The first-order chi connectivity index (χ1) is 7.14. The quantitative estimate of drug-likeness (QED) is 0.633. The van der Waals surface area contributed by atoms with E-state index in [9.17, 15) is 9.59 Å². The van der Waals surface area contributed by atoms with E-state index in [1.807, 2.05) is 0 Å². The number of amides is 1. The number of ether oxygens (including phenoxy) is 1. The minimum Gasteiger partial charge on any atom is -0.357 e. The van der Waals surface area contributed by atoms with Crippen molar-refractivity contribution in [2.24, 2.45) is 0 Å². The standard InChI is InChI=1S/C11H15NO3/c13-8-1-3-10(4-2-8)7-12-9(14)11(15-10)5-6-11/h1-7H2,(H,12,14). The van der Waals surface area contributed by atoms with Crippen molar-refractivity contribution in [3.05, 3.63) is 0 Å². The number of nitrogens with one attached hydrogen (secondary N) is 1. The van der Waals surface area contributed by atoms with Crippen molar-refractivity contribution in [3.63, 3.8) is 0 Å². The summed E-state index contributed by atoms with van der Waals surface area (Å²) in [5.41, 5.74) is -0.753. The van der Waals surface area contributed by atoms with Crippen molar-refractivity contribution < 1.29 is 14.3 Å². The van der Waals surface area contributed by atoms with Gasteiger partial charge in [0.15, 0.2) is 0 Å². The van der Waals surface area contributed by atoms with Crippen LogP contribution in [0, 0.1) is 0 Å². The van der Waals surface area contributed by atoms with Crippen molar-refractivity contribution in [3.8, 4) is 0 Å². The number of carbonyl (C=O) groups is 2. The van der Waals surface area contributed by atoms with E-state index in [0.29, 0.717) is 25.2 Å². The minimum atomic E-state index is -0.515. The van der Waals surface area contributed by atoms with Crippen LogP contribution in [0.1, 0.15) is 38.5 Å². The van der Waals surface area contributed by atoms with E-state index in [4.69, 9.17) is 4.74 Å². The molecule has 1 amide bonds. The normalized spacial score (nSPS) is 31.7.